The highest BCUT2D eigenvalue weighted by molar-refractivity contribution is 7.16. The number of amides is 1. The van der Waals surface area contributed by atoms with Gasteiger partial charge < -0.3 is 15.4 Å². The number of ether oxygens (including phenoxy) is 1. The minimum atomic E-state index is -0.316. The van der Waals surface area contributed by atoms with Gasteiger partial charge in [-0.05, 0) is 53.0 Å². The van der Waals surface area contributed by atoms with E-state index in [2.05, 4.69) is 49.6 Å². The lowest BCUT2D eigenvalue weighted by Gasteiger charge is -2.36. The molecule has 0 saturated heterocycles. The first-order valence-corrected chi connectivity index (χ1v) is 12.0. The molecule has 1 aromatic heterocycles. The zero-order chi connectivity index (χ0) is 21.8. The quantitative estimate of drug-likeness (QED) is 0.506. The summed E-state index contributed by atoms with van der Waals surface area (Å²) in [5.74, 6) is 1.48. The molecule has 0 fully saturated rings. The SMILES string of the molecule is CCC(C)(C)[C@@H]1CCc2c(sc3c2C(=O)N[C@@H](c2c(OC)ccc4ccccc24)N3)C1. The summed E-state index contributed by atoms with van der Waals surface area (Å²) in [5.41, 5.74) is 3.44. The van der Waals surface area contributed by atoms with Crippen molar-refractivity contribution >= 4 is 33.0 Å². The fraction of sp³-hybridized carbons (Fsp3) is 0.423. The number of thiophene rings is 1. The summed E-state index contributed by atoms with van der Waals surface area (Å²) >= 11 is 1.78. The van der Waals surface area contributed by atoms with Gasteiger partial charge in [-0.2, -0.15) is 0 Å². The van der Waals surface area contributed by atoms with Crippen LogP contribution >= 0.6 is 11.3 Å². The van der Waals surface area contributed by atoms with Crippen molar-refractivity contribution in [3.63, 3.8) is 0 Å². The number of nitrogens with one attached hydrogen (secondary N) is 2. The second kappa shape index (κ2) is 7.56. The van der Waals surface area contributed by atoms with Crippen LogP contribution in [0.2, 0.25) is 0 Å². The maximum atomic E-state index is 13.3. The Morgan fingerprint density at radius 2 is 1.97 bits per heavy atom. The van der Waals surface area contributed by atoms with E-state index in [9.17, 15) is 4.79 Å². The largest absolute Gasteiger partial charge is 0.496 e. The van der Waals surface area contributed by atoms with Crippen LogP contribution in [0.25, 0.3) is 10.8 Å². The van der Waals surface area contributed by atoms with Gasteiger partial charge in [0.15, 0.2) is 0 Å². The molecule has 1 aliphatic carbocycles. The summed E-state index contributed by atoms with van der Waals surface area (Å²) in [6.07, 6.45) is 4.09. The van der Waals surface area contributed by atoms with Crippen molar-refractivity contribution in [2.45, 2.75) is 52.6 Å². The first-order chi connectivity index (χ1) is 14.9. The number of fused-ring (bicyclic) bond motifs is 4. The second-order valence-corrected chi connectivity index (χ2v) is 10.5. The van der Waals surface area contributed by atoms with Crippen LogP contribution in [0, 0.1) is 11.3 Å². The summed E-state index contributed by atoms with van der Waals surface area (Å²) in [7, 11) is 1.68. The predicted octanol–water partition coefficient (Wildman–Crippen LogP) is 6.31. The Bertz CT molecular complexity index is 1160. The Labute approximate surface area is 188 Å². The van der Waals surface area contributed by atoms with Crippen LogP contribution in [0.3, 0.4) is 0 Å². The number of rotatable bonds is 4. The van der Waals surface area contributed by atoms with Crippen molar-refractivity contribution in [3.8, 4) is 5.75 Å². The van der Waals surface area contributed by atoms with Gasteiger partial charge in [-0.1, -0.05) is 57.5 Å². The highest BCUT2D eigenvalue weighted by atomic mass is 32.1. The van der Waals surface area contributed by atoms with Crippen molar-refractivity contribution in [2.75, 3.05) is 12.4 Å². The standard InChI is InChI=1S/C26H30N2O2S/c1-5-26(2,3)16-11-12-18-20(14-16)31-25-22(18)24(29)27-23(28-25)21-17-9-7-6-8-15(17)10-13-19(21)30-4/h6-10,13,16,23,28H,5,11-12,14H2,1-4H3,(H,27,29)/t16-,23-/m1/s1. The molecule has 2 heterocycles. The van der Waals surface area contributed by atoms with Crippen LogP contribution in [0.1, 0.15) is 66.1 Å². The maximum absolute atomic E-state index is 13.3. The summed E-state index contributed by atoms with van der Waals surface area (Å²) < 4.78 is 5.69. The molecule has 0 radical (unpaired) electrons. The number of carbonyl (C=O) groups is 1. The summed E-state index contributed by atoms with van der Waals surface area (Å²) in [4.78, 5) is 14.7. The molecule has 1 amide bonds. The van der Waals surface area contributed by atoms with E-state index in [1.807, 2.05) is 18.2 Å². The van der Waals surface area contributed by atoms with Crippen LogP contribution in [0.15, 0.2) is 36.4 Å². The average Bonchev–Trinajstić information content (AvgIpc) is 3.16. The third-order valence-corrected chi connectivity index (χ3v) is 8.68. The van der Waals surface area contributed by atoms with Gasteiger partial charge in [0.05, 0.1) is 12.7 Å². The predicted molar refractivity (Wildman–Crippen MR) is 128 cm³/mol. The molecule has 3 aromatic rings. The zero-order valence-corrected chi connectivity index (χ0v) is 19.5. The Morgan fingerprint density at radius 3 is 2.74 bits per heavy atom. The minimum Gasteiger partial charge on any atom is -0.496 e. The first-order valence-electron chi connectivity index (χ1n) is 11.2. The molecule has 2 N–H and O–H groups in total. The maximum Gasteiger partial charge on any atom is 0.256 e. The lowest BCUT2D eigenvalue weighted by atomic mass is 9.69. The average molecular weight is 435 g/mol. The van der Waals surface area contributed by atoms with E-state index in [0.29, 0.717) is 11.3 Å². The van der Waals surface area contributed by atoms with E-state index in [0.717, 1.165) is 51.9 Å². The van der Waals surface area contributed by atoms with E-state index in [4.69, 9.17) is 4.74 Å². The molecule has 31 heavy (non-hydrogen) atoms. The highest BCUT2D eigenvalue weighted by Gasteiger charge is 2.38. The highest BCUT2D eigenvalue weighted by Crippen LogP contribution is 2.47. The lowest BCUT2D eigenvalue weighted by molar-refractivity contribution is 0.0934. The second-order valence-electron chi connectivity index (χ2n) is 9.44. The van der Waals surface area contributed by atoms with Crippen molar-refractivity contribution in [3.05, 3.63) is 58.0 Å². The Kier molecular flexibility index (Phi) is 4.97. The van der Waals surface area contributed by atoms with Gasteiger partial charge in [0, 0.05) is 10.4 Å². The van der Waals surface area contributed by atoms with Crippen molar-refractivity contribution in [1.82, 2.24) is 5.32 Å². The molecular formula is C26H30N2O2S. The van der Waals surface area contributed by atoms with E-state index in [-0.39, 0.29) is 12.1 Å². The molecule has 5 heteroatoms. The summed E-state index contributed by atoms with van der Waals surface area (Å²) in [6.45, 7) is 7.04. The topological polar surface area (TPSA) is 50.4 Å². The molecule has 0 unspecified atom stereocenters. The van der Waals surface area contributed by atoms with Gasteiger partial charge >= 0.3 is 0 Å². The molecule has 2 atom stereocenters. The monoisotopic (exact) mass is 434 g/mol. The zero-order valence-electron chi connectivity index (χ0n) is 18.7. The fourth-order valence-corrected chi connectivity index (χ4v) is 6.50. The van der Waals surface area contributed by atoms with Gasteiger partial charge in [-0.15, -0.1) is 11.3 Å². The summed E-state index contributed by atoms with van der Waals surface area (Å²) in [6, 6.07) is 12.3. The molecule has 0 bridgehead atoms. The molecule has 2 aliphatic rings. The van der Waals surface area contributed by atoms with Crippen molar-refractivity contribution in [2.24, 2.45) is 11.3 Å². The number of hydrogen-bond donors (Lipinski definition) is 2. The summed E-state index contributed by atoms with van der Waals surface area (Å²) in [5, 5.41) is 10.1. The minimum absolute atomic E-state index is 0.0273. The van der Waals surface area contributed by atoms with E-state index in [1.54, 1.807) is 18.4 Å². The van der Waals surface area contributed by atoms with Gasteiger partial charge in [0.1, 0.15) is 16.9 Å². The Morgan fingerprint density at radius 1 is 1.16 bits per heavy atom. The number of carbonyl (C=O) groups excluding carboxylic acids is 1. The molecule has 0 saturated carbocycles. The van der Waals surface area contributed by atoms with Gasteiger partial charge in [0.2, 0.25) is 0 Å². The Balaban J connectivity index is 1.54. The third kappa shape index (κ3) is 3.30. The van der Waals surface area contributed by atoms with Crippen molar-refractivity contribution < 1.29 is 9.53 Å². The Hall–Kier alpha value is -2.53. The van der Waals surface area contributed by atoms with E-state index < -0.39 is 0 Å². The van der Waals surface area contributed by atoms with Crippen LogP contribution in [0.4, 0.5) is 5.00 Å². The van der Waals surface area contributed by atoms with Gasteiger partial charge in [-0.25, -0.2) is 0 Å². The fourth-order valence-electron chi connectivity index (χ4n) is 5.15. The molecule has 5 rings (SSSR count). The molecule has 162 valence electrons. The molecule has 1 aliphatic heterocycles. The van der Waals surface area contributed by atoms with Crippen LogP contribution in [-0.2, 0) is 12.8 Å². The van der Waals surface area contributed by atoms with E-state index in [1.165, 1.54) is 16.9 Å². The smallest absolute Gasteiger partial charge is 0.256 e. The third-order valence-electron chi connectivity index (χ3n) is 7.50. The number of anilines is 1. The molecule has 2 aromatic carbocycles. The molecular weight excluding hydrogens is 404 g/mol. The van der Waals surface area contributed by atoms with Crippen LogP contribution in [-0.4, -0.2) is 13.0 Å². The van der Waals surface area contributed by atoms with Crippen LogP contribution < -0.4 is 15.4 Å². The lowest BCUT2D eigenvalue weighted by Crippen LogP contribution is -2.38. The number of methoxy groups -OCH3 is 1. The van der Waals surface area contributed by atoms with Crippen molar-refractivity contribution in [1.29, 1.82) is 0 Å². The van der Waals surface area contributed by atoms with Gasteiger partial charge in [-0.3, -0.25) is 4.79 Å². The van der Waals surface area contributed by atoms with Crippen LogP contribution in [0.5, 0.6) is 5.75 Å². The molecule has 4 nitrogen and oxygen atoms in total. The number of benzene rings is 2. The molecule has 0 spiro atoms. The number of hydrogen-bond acceptors (Lipinski definition) is 4. The normalized spacial score (nSPS) is 20.6. The van der Waals surface area contributed by atoms with E-state index >= 15 is 0 Å². The first kappa shape index (κ1) is 20.4. The van der Waals surface area contributed by atoms with Gasteiger partial charge in [0.25, 0.3) is 5.91 Å².